The molecule has 1 aromatic rings. The van der Waals surface area contributed by atoms with Crippen LogP contribution < -0.4 is 10.6 Å². The lowest BCUT2D eigenvalue weighted by molar-refractivity contribution is -0.122. The normalized spacial score (nSPS) is 16.9. The predicted molar refractivity (Wildman–Crippen MR) is 110 cm³/mol. The van der Waals surface area contributed by atoms with E-state index in [0.29, 0.717) is 17.3 Å². The zero-order valence-corrected chi connectivity index (χ0v) is 18.4. The summed E-state index contributed by atoms with van der Waals surface area (Å²) in [7, 11) is 0. The van der Waals surface area contributed by atoms with Crippen LogP contribution in [0.25, 0.3) is 0 Å². The number of halogens is 1. The number of ether oxygens (including phenoxy) is 1. The van der Waals surface area contributed by atoms with Crippen molar-refractivity contribution in [3.63, 3.8) is 0 Å². The second-order valence-electron chi connectivity index (χ2n) is 8.74. The van der Waals surface area contributed by atoms with Gasteiger partial charge in [0.1, 0.15) is 12.1 Å². The van der Waals surface area contributed by atoms with Gasteiger partial charge in [0.15, 0.2) is 0 Å². The number of rotatable bonds is 5. The lowest BCUT2D eigenvalue weighted by atomic mass is 9.90. The van der Waals surface area contributed by atoms with E-state index < -0.39 is 17.2 Å². The monoisotopic (exact) mass is 412 g/mol. The van der Waals surface area contributed by atoms with Crippen molar-refractivity contribution in [2.45, 2.75) is 90.8 Å². The van der Waals surface area contributed by atoms with Gasteiger partial charge < -0.3 is 15.4 Å². The summed E-state index contributed by atoms with van der Waals surface area (Å²) in [6.45, 7) is 9.65. The summed E-state index contributed by atoms with van der Waals surface area (Å²) in [5, 5.41) is 10.9. The molecule has 1 aliphatic carbocycles. The molecule has 0 spiro atoms. The van der Waals surface area contributed by atoms with Crippen molar-refractivity contribution in [2.24, 2.45) is 0 Å². The molecule has 0 radical (unpaired) electrons. The molecule has 2 amide bonds. The maximum Gasteiger partial charge on any atom is 0.408 e. The van der Waals surface area contributed by atoms with Gasteiger partial charge in [-0.3, -0.25) is 9.48 Å². The Kier molecular flexibility index (Phi) is 7.37. The maximum atomic E-state index is 12.5. The molecule has 0 bridgehead atoms. The molecule has 0 aromatic carbocycles. The number of hydrogen-bond donors (Lipinski definition) is 2. The van der Waals surface area contributed by atoms with Crippen LogP contribution in [0, 0.1) is 13.8 Å². The highest BCUT2D eigenvalue weighted by Crippen LogP contribution is 2.27. The van der Waals surface area contributed by atoms with Crippen LogP contribution >= 0.6 is 11.6 Å². The fourth-order valence-corrected chi connectivity index (χ4v) is 3.70. The Balaban J connectivity index is 2.02. The molecule has 1 heterocycles. The maximum absolute atomic E-state index is 12.5. The van der Waals surface area contributed by atoms with Gasteiger partial charge in [0.25, 0.3) is 0 Å². The molecule has 7 nitrogen and oxygen atoms in total. The quantitative estimate of drug-likeness (QED) is 0.718. The van der Waals surface area contributed by atoms with Crippen molar-refractivity contribution < 1.29 is 14.3 Å². The van der Waals surface area contributed by atoms with Gasteiger partial charge >= 0.3 is 6.09 Å². The largest absolute Gasteiger partial charge is 0.444 e. The summed E-state index contributed by atoms with van der Waals surface area (Å²) in [6.07, 6.45) is 5.49. The van der Waals surface area contributed by atoms with Gasteiger partial charge in [-0.2, -0.15) is 5.10 Å². The summed E-state index contributed by atoms with van der Waals surface area (Å²) in [4.78, 5) is 24.9. The van der Waals surface area contributed by atoms with Crippen molar-refractivity contribution in [1.82, 2.24) is 20.4 Å². The first-order chi connectivity index (χ1) is 13.0. The second-order valence-corrected chi connectivity index (χ2v) is 9.12. The predicted octanol–water partition coefficient (Wildman–Crippen LogP) is 3.89. The number of nitrogens with zero attached hydrogens (tertiary/aromatic N) is 2. The Morgan fingerprint density at radius 3 is 2.29 bits per heavy atom. The topological polar surface area (TPSA) is 85.3 Å². The number of alkyl carbamates (subject to hydrolysis) is 1. The summed E-state index contributed by atoms with van der Waals surface area (Å²) in [5.41, 5.74) is 0.430. The first kappa shape index (κ1) is 22.5. The second kappa shape index (κ2) is 9.16. The van der Waals surface area contributed by atoms with Crippen LogP contribution in [-0.2, 0) is 16.1 Å². The fraction of sp³-hybridized carbons (Fsp3) is 0.750. The fourth-order valence-electron chi connectivity index (χ4n) is 3.56. The van der Waals surface area contributed by atoms with Crippen molar-refractivity contribution in [2.75, 3.05) is 6.54 Å². The molecule has 1 saturated carbocycles. The van der Waals surface area contributed by atoms with Gasteiger partial charge in [-0.05, 0) is 47.5 Å². The molecule has 0 atom stereocenters. The molecule has 0 aliphatic heterocycles. The van der Waals surface area contributed by atoms with Gasteiger partial charge in [-0.15, -0.1) is 0 Å². The average Bonchev–Trinajstić information content (AvgIpc) is 2.77. The average molecular weight is 413 g/mol. The van der Waals surface area contributed by atoms with Crippen molar-refractivity contribution in [3.05, 3.63) is 16.4 Å². The summed E-state index contributed by atoms with van der Waals surface area (Å²) >= 11 is 6.15. The van der Waals surface area contributed by atoms with Crippen molar-refractivity contribution in [1.29, 1.82) is 0 Å². The molecule has 1 fully saturated rings. The minimum absolute atomic E-state index is 0.0991. The first-order valence-corrected chi connectivity index (χ1v) is 10.4. The number of aromatic nitrogens is 2. The van der Waals surface area contributed by atoms with E-state index in [0.717, 1.165) is 44.2 Å². The zero-order chi connectivity index (χ0) is 20.9. The third-order valence-corrected chi connectivity index (χ3v) is 5.58. The summed E-state index contributed by atoms with van der Waals surface area (Å²) in [6, 6.07) is 0. The lowest BCUT2D eigenvalue weighted by Crippen LogP contribution is -2.56. The van der Waals surface area contributed by atoms with Gasteiger partial charge in [-0.25, -0.2) is 4.79 Å². The van der Waals surface area contributed by atoms with Crippen molar-refractivity contribution >= 4 is 23.6 Å². The highest BCUT2D eigenvalue weighted by molar-refractivity contribution is 6.31. The van der Waals surface area contributed by atoms with Crippen LogP contribution in [0.1, 0.15) is 70.7 Å². The van der Waals surface area contributed by atoms with Crippen LogP contribution in [0.5, 0.6) is 0 Å². The SMILES string of the molecule is Cc1nn(CC(=O)NCC2(NC(=O)OC(C)(C)C)CCCCCC2)c(C)c1Cl. The number of carbonyl (C=O) groups is 2. The van der Waals surface area contributed by atoms with E-state index in [1.807, 2.05) is 34.6 Å². The Morgan fingerprint density at radius 1 is 1.18 bits per heavy atom. The molecule has 28 heavy (non-hydrogen) atoms. The third kappa shape index (κ3) is 6.40. The van der Waals surface area contributed by atoms with E-state index in [2.05, 4.69) is 15.7 Å². The molecule has 0 unspecified atom stereocenters. The number of nitrogens with one attached hydrogen (secondary N) is 2. The van der Waals surface area contributed by atoms with Gasteiger partial charge in [0.05, 0.1) is 21.9 Å². The van der Waals surface area contributed by atoms with E-state index >= 15 is 0 Å². The molecule has 1 aliphatic rings. The summed E-state index contributed by atoms with van der Waals surface area (Å²) < 4.78 is 7.05. The molecule has 158 valence electrons. The van der Waals surface area contributed by atoms with Crippen LogP contribution in [0.15, 0.2) is 0 Å². The van der Waals surface area contributed by atoms with Crippen LogP contribution in [0.4, 0.5) is 4.79 Å². The molecule has 2 N–H and O–H groups in total. The number of aryl methyl sites for hydroxylation is 1. The van der Waals surface area contributed by atoms with Crippen LogP contribution in [0.3, 0.4) is 0 Å². The third-order valence-electron chi connectivity index (χ3n) is 5.04. The van der Waals surface area contributed by atoms with Crippen LogP contribution in [0.2, 0.25) is 5.02 Å². The number of carbonyl (C=O) groups excluding carboxylic acids is 2. The van der Waals surface area contributed by atoms with E-state index in [4.69, 9.17) is 16.3 Å². The molecule has 2 rings (SSSR count). The zero-order valence-electron chi connectivity index (χ0n) is 17.7. The molecule has 0 saturated heterocycles. The van der Waals surface area contributed by atoms with Gasteiger partial charge in [0.2, 0.25) is 5.91 Å². The standard InChI is InChI=1S/C20H33ClN4O3/c1-14-17(21)15(2)25(24-14)12-16(26)22-13-20(10-8-6-7-9-11-20)23-18(27)28-19(3,4)5/h6-13H2,1-5H3,(H,22,26)(H,23,27). The van der Waals surface area contributed by atoms with E-state index in [-0.39, 0.29) is 12.5 Å². The van der Waals surface area contributed by atoms with Gasteiger partial charge in [0, 0.05) is 6.54 Å². The number of amides is 2. The highest BCUT2D eigenvalue weighted by atomic mass is 35.5. The number of hydrogen-bond acceptors (Lipinski definition) is 4. The Hall–Kier alpha value is -1.76. The molecule has 1 aromatic heterocycles. The minimum atomic E-state index is -0.562. The Bertz CT molecular complexity index is 701. The lowest BCUT2D eigenvalue weighted by Gasteiger charge is -2.35. The first-order valence-electron chi connectivity index (χ1n) is 9.99. The van der Waals surface area contributed by atoms with Gasteiger partial charge in [-0.1, -0.05) is 37.3 Å². The smallest absolute Gasteiger partial charge is 0.408 e. The molecular weight excluding hydrogens is 380 g/mol. The van der Waals surface area contributed by atoms with E-state index in [9.17, 15) is 9.59 Å². The highest BCUT2D eigenvalue weighted by Gasteiger charge is 2.34. The Morgan fingerprint density at radius 2 is 1.79 bits per heavy atom. The van der Waals surface area contributed by atoms with E-state index in [1.54, 1.807) is 4.68 Å². The van der Waals surface area contributed by atoms with Crippen molar-refractivity contribution in [3.8, 4) is 0 Å². The molecular formula is C20H33ClN4O3. The minimum Gasteiger partial charge on any atom is -0.444 e. The Labute approximate surface area is 172 Å². The van der Waals surface area contributed by atoms with E-state index in [1.165, 1.54) is 0 Å². The molecule has 8 heteroatoms. The van der Waals surface area contributed by atoms with Crippen LogP contribution in [-0.4, -0.2) is 39.5 Å². The summed E-state index contributed by atoms with van der Waals surface area (Å²) in [5.74, 6) is -0.156.